The smallest absolute Gasteiger partial charge is 0.337 e. The lowest BCUT2D eigenvalue weighted by Crippen LogP contribution is -2.43. The second-order valence-corrected chi connectivity index (χ2v) is 14.5. The Labute approximate surface area is 264 Å². The van der Waals surface area contributed by atoms with Gasteiger partial charge in [0, 0.05) is 28.5 Å². The summed E-state index contributed by atoms with van der Waals surface area (Å²) in [6.45, 7) is 16.5. The SMILES string of the molecule is CCc1cccc(B(CCC=CC(F)(F)F)c2ccccc2SC(C)(C)C)c1.CCn1cnc(CCCCCC(C)C)c1. The normalized spacial score (nSPS) is 12.1. The van der Waals surface area contributed by atoms with E-state index in [4.69, 9.17) is 0 Å². The first-order valence-electron chi connectivity index (χ1n) is 15.9. The maximum Gasteiger partial charge on any atom is 0.409 e. The van der Waals surface area contributed by atoms with Crippen molar-refractivity contribution >= 4 is 29.4 Å². The lowest BCUT2D eigenvalue weighted by atomic mass is 9.38. The Kier molecular flexibility index (Phi) is 15.8. The number of imidazole rings is 1. The number of rotatable bonds is 14. The van der Waals surface area contributed by atoms with E-state index >= 15 is 0 Å². The molecule has 0 unspecified atom stereocenters. The molecule has 7 heteroatoms. The number of unbranched alkanes of at least 4 members (excludes halogenated alkanes) is 2. The topological polar surface area (TPSA) is 17.8 Å². The minimum Gasteiger partial charge on any atom is -0.337 e. The Morgan fingerprint density at radius 2 is 1.72 bits per heavy atom. The molecule has 0 fully saturated rings. The van der Waals surface area contributed by atoms with Gasteiger partial charge in [-0.15, -0.1) is 11.8 Å². The van der Waals surface area contributed by atoms with Gasteiger partial charge in [0.15, 0.2) is 0 Å². The Morgan fingerprint density at radius 1 is 0.977 bits per heavy atom. The number of aromatic nitrogens is 2. The van der Waals surface area contributed by atoms with E-state index < -0.39 is 6.18 Å². The average Bonchev–Trinajstić information content (AvgIpc) is 3.40. The van der Waals surface area contributed by atoms with Crippen molar-refractivity contribution in [2.75, 3.05) is 0 Å². The molecule has 1 heterocycles. The molecule has 0 amide bonds. The van der Waals surface area contributed by atoms with Crippen LogP contribution < -0.4 is 10.9 Å². The van der Waals surface area contributed by atoms with Crippen LogP contribution in [0, 0.1) is 5.92 Å². The van der Waals surface area contributed by atoms with Gasteiger partial charge >= 0.3 is 6.18 Å². The van der Waals surface area contributed by atoms with Gasteiger partial charge in [0.25, 0.3) is 0 Å². The van der Waals surface area contributed by atoms with Gasteiger partial charge in [-0.2, -0.15) is 13.2 Å². The van der Waals surface area contributed by atoms with Crippen LogP contribution in [0.25, 0.3) is 0 Å². The number of nitrogens with zero attached hydrogens (tertiary/aromatic N) is 2. The largest absolute Gasteiger partial charge is 0.409 e. The van der Waals surface area contributed by atoms with Gasteiger partial charge in [0.05, 0.1) is 12.0 Å². The molecule has 2 nitrogen and oxygen atoms in total. The number of hydrogen-bond donors (Lipinski definition) is 0. The summed E-state index contributed by atoms with van der Waals surface area (Å²) in [5.41, 5.74) is 4.86. The van der Waals surface area contributed by atoms with Crippen molar-refractivity contribution in [1.82, 2.24) is 9.55 Å². The van der Waals surface area contributed by atoms with E-state index in [1.54, 1.807) is 11.8 Å². The standard InChI is InChI=1S/C23H28BF3S.C13H24N2/c1-5-18-11-10-12-19(17-18)24(16-9-8-15-23(25,26)27)20-13-6-7-14-21(20)28-22(2,3)4;1-4-15-10-13(14-11-15)9-7-5-6-8-12(2)3/h6-8,10-15,17H,5,9,16H2,1-4H3;10-12H,4-9H2,1-3H3. The summed E-state index contributed by atoms with van der Waals surface area (Å²) in [4.78, 5) is 5.58. The highest BCUT2D eigenvalue weighted by Gasteiger charge is 2.25. The molecule has 0 atom stereocenters. The molecule has 0 aliphatic rings. The molecule has 43 heavy (non-hydrogen) atoms. The molecular formula is C36H52BF3N2S. The van der Waals surface area contributed by atoms with E-state index in [2.05, 4.69) is 94.5 Å². The summed E-state index contributed by atoms with van der Waals surface area (Å²) in [6, 6.07) is 16.7. The maximum atomic E-state index is 12.5. The summed E-state index contributed by atoms with van der Waals surface area (Å²) in [7, 11) is 0. The third-order valence-electron chi connectivity index (χ3n) is 7.17. The van der Waals surface area contributed by atoms with Crippen molar-refractivity contribution < 1.29 is 13.2 Å². The van der Waals surface area contributed by atoms with Crippen molar-refractivity contribution in [3.63, 3.8) is 0 Å². The highest BCUT2D eigenvalue weighted by atomic mass is 32.2. The lowest BCUT2D eigenvalue weighted by molar-refractivity contribution is -0.0800. The first-order valence-corrected chi connectivity index (χ1v) is 16.7. The van der Waals surface area contributed by atoms with Crippen LogP contribution >= 0.6 is 11.8 Å². The molecule has 236 valence electrons. The third-order valence-corrected chi connectivity index (χ3v) is 8.37. The summed E-state index contributed by atoms with van der Waals surface area (Å²) in [5, 5.41) is 0. The van der Waals surface area contributed by atoms with Crippen LogP contribution in [0.4, 0.5) is 13.2 Å². The molecule has 0 bridgehead atoms. The monoisotopic (exact) mass is 612 g/mol. The highest BCUT2D eigenvalue weighted by molar-refractivity contribution is 8.00. The van der Waals surface area contributed by atoms with Gasteiger partial charge in [0.2, 0.25) is 6.71 Å². The summed E-state index contributed by atoms with van der Waals surface area (Å²) >= 11 is 1.81. The summed E-state index contributed by atoms with van der Waals surface area (Å²) in [6.07, 6.45) is 9.91. The molecule has 0 radical (unpaired) electrons. The zero-order valence-electron chi connectivity index (χ0n) is 27.4. The zero-order valence-corrected chi connectivity index (χ0v) is 28.2. The lowest BCUT2D eigenvalue weighted by Gasteiger charge is -2.23. The van der Waals surface area contributed by atoms with Gasteiger partial charge in [-0.25, -0.2) is 4.98 Å². The van der Waals surface area contributed by atoms with Crippen LogP contribution in [-0.4, -0.2) is 27.2 Å². The predicted molar refractivity (Wildman–Crippen MR) is 182 cm³/mol. The Bertz CT molecular complexity index is 1230. The Hall–Kier alpha value is -2.41. The van der Waals surface area contributed by atoms with Crippen molar-refractivity contribution in [1.29, 1.82) is 0 Å². The molecule has 0 aliphatic carbocycles. The first-order chi connectivity index (χ1) is 20.3. The van der Waals surface area contributed by atoms with Gasteiger partial charge < -0.3 is 4.57 Å². The molecular weight excluding hydrogens is 560 g/mol. The van der Waals surface area contributed by atoms with Crippen LogP contribution in [0.2, 0.25) is 6.32 Å². The van der Waals surface area contributed by atoms with Crippen molar-refractivity contribution in [3.05, 3.63) is 84.5 Å². The molecule has 1 aromatic heterocycles. The number of benzene rings is 2. The van der Waals surface area contributed by atoms with Crippen LogP contribution in [0.1, 0.15) is 91.8 Å². The van der Waals surface area contributed by atoms with Crippen LogP contribution in [0.15, 0.2) is 78.1 Å². The molecule has 0 saturated heterocycles. The number of thioether (sulfide) groups is 1. The van der Waals surface area contributed by atoms with E-state index in [0.29, 0.717) is 18.8 Å². The van der Waals surface area contributed by atoms with E-state index in [1.807, 2.05) is 24.5 Å². The maximum absolute atomic E-state index is 12.5. The molecule has 0 aliphatic heterocycles. The third kappa shape index (κ3) is 15.2. The van der Waals surface area contributed by atoms with Crippen molar-refractivity contribution in [2.24, 2.45) is 5.92 Å². The predicted octanol–water partition coefficient (Wildman–Crippen LogP) is 9.92. The fraction of sp³-hybridized carbons (Fsp3) is 0.528. The quantitative estimate of drug-likeness (QED) is 0.0781. The van der Waals surface area contributed by atoms with Crippen molar-refractivity contribution in [3.8, 4) is 0 Å². The van der Waals surface area contributed by atoms with Gasteiger partial charge in [-0.1, -0.05) is 127 Å². The molecule has 0 N–H and O–H groups in total. The molecule has 3 aromatic rings. The van der Waals surface area contributed by atoms with E-state index in [9.17, 15) is 13.2 Å². The second-order valence-electron chi connectivity index (χ2n) is 12.6. The van der Waals surface area contributed by atoms with Gasteiger partial charge in [0.1, 0.15) is 0 Å². The first kappa shape index (κ1) is 36.8. The second kappa shape index (κ2) is 18.4. The number of alkyl halides is 3. The Morgan fingerprint density at radius 3 is 2.35 bits per heavy atom. The van der Waals surface area contributed by atoms with Crippen LogP contribution in [0.5, 0.6) is 0 Å². The number of hydrogen-bond acceptors (Lipinski definition) is 2. The highest BCUT2D eigenvalue weighted by Crippen LogP contribution is 2.31. The molecule has 2 aromatic carbocycles. The molecule has 0 saturated carbocycles. The van der Waals surface area contributed by atoms with Crippen LogP contribution in [-0.2, 0) is 19.4 Å². The van der Waals surface area contributed by atoms with Crippen LogP contribution in [0.3, 0.4) is 0 Å². The fourth-order valence-corrected chi connectivity index (χ4v) is 6.08. The number of aryl methyl sites for hydroxylation is 3. The zero-order chi connectivity index (χ0) is 31.9. The van der Waals surface area contributed by atoms with Crippen molar-refractivity contribution in [2.45, 2.75) is 122 Å². The van der Waals surface area contributed by atoms with E-state index in [-0.39, 0.29) is 11.5 Å². The number of allylic oxidation sites excluding steroid dienone is 2. The van der Waals surface area contributed by atoms with Gasteiger partial charge in [-0.05, 0) is 50.2 Å². The van der Waals surface area contributed by atoms with E-state index in [1.165, 1.54) is 58.8 Å². The molecule has 3 rings (SSSR count). The fourth-order valence-electron chi connectivity index (χ4n) is 4.95. The van der Waals surface area contributed by atoms with E-state index in [0.717, 1.165) is 25.3 Å². The minimum absolute atomic E-state index is 0.0576. The number of halogens is 3. The minimum atomic E-state index is -4.25. The average molecular weight is 613 g/mol. The van der Waals surface area contributed by atoms with Gasteiger partial charge in [-0.3, -0.25) is 0 Å². The summed E-state index contributed by atoms with van der Waals surface area (Å²) < 4.78 is 39.7. The summed E-state index contributed by atoms with van der Waals surface area (Å²) in [5.74, 6) is 0.851. The Balaban J connectivity index is 0.000000362. The molecule has 0 spiro atoms.